The van der Waals surface area contributed by atoms with Crippen molar-refractivity contribution in [1.82, 2.24) is 29.5 Å². The minimum absolute atomic E-state index is 0.198. The lowest BCUT2D eigenvalue weighted by Crippen LogP contribution is -2.40. The van der Waals surface area contributed by atoms with Gasteiger partial charge in [0.25, 0.3) is 5.91 Å². The summed E-state index contributed by atoms with van der Waals surface area (Å²) in [5.41, 5.74) is 0.733. The summed E-state index contributed by atoms with van der Waals surface area (Å²) < 4.78 is 2.06. The Morgan fingerprint density at radius 2 is 2.00 bits per heavy atom. The molecule has 0 unspecified atom stereocenters. The van der Waals surface area contributed by atoms with E-state index in [1.165, 1.54) is 12.3 Å². The SMILES string of the molecule is Cc1cc(=O)c(C(=O)N2CCC(c3nnc(CN(C)C)n3C)CC2)c[nH]1. The third-order valence-corrected chi connectivity index (χ3v) is 4.89. The van der Waals surface area contributed by atoms with Crippen LogP contribution in [0.25, 0.3) is 0 Å². The van der Waals surface area contributed by atoms with Gasteiger partial charge in [0.05, 0.1) is 6.54 Å². The normalized spacial score (nSPS) is 15.7. The number of piperidine rings is 1. The van der Waals surface area contributed by atoms with E-state index in [1.54, 1.807) is 11.8 Å². The van der Waals surface area contributed by atoms with Gasteiger partial charge in [-0.05, 0) is 33.9 Å². The van der Waals surface area contributed by atoms with Crippen LogP contribution in [0.3, 0.4) is 0 Å². The molecule has 0 saturated carbocycles. The van der Waals surface area contributed by atoms with Gasteiger partial charge in [0, 0.05) is 44.0 Å². The number of pyridine rings is 1. The Kier molecular flexibility index (Phi) is 5.22. The fourth-order valence-corrected chi connectivity index (χ4v) is 3.40. The van der Waals surface area contributed by atoms with E-state index in [9.17, 15) is 9.59 Å². The molecule has 0 spiro atoms. The quantitative estimate of drug-likeness (QED) is 0.877. The van der Waals surface area contributed by atoms with E-state index < -0.39 is 0 Å². The van der Waals surface area contributed by atoms with Gasteiger partial charge in [0.15, 0.2) is 5.43 Å². The lowest BCUT2D eigenvalue weighted by molar-refractivity contribution is 0.0708. The van der Waals surface area contributed by atoms with Gasteiger partial charge in [-0.25, -0.2) is 0 Å². The summed E-state index contributed by atoms with van der Waals surface area (Å²) in [6.45, 7) is 3.78. The third-order valence-electron chi connectivity index (χ3n) is 4.89. The molecule has 0 aliphatic carbocycles. The summed E-state index contributed by atoms with van der Waals surface area (Å²) in [6, 6.07) is 1.46. The first kappa shape index (κ1) is 18.3. The van der Waals surface area contributed by atoms with Crippen molar-refractivity contribution >= 4 is 5.91 Å². The number of likely N-dealkylation sites (tertiary alicyclic amines) is 1. The predicted molar refractivity (Wildman–Crippen MR) is 98.1 cm³/mol. The Morgan fingerprint density at radius 1 is 1.31 bits per heavy atom. The van der Waals surface area contributed by atoms with Crippen molar-refractivity contribution in [3.63, 3.8) is 0 Å². The molecule has 3 heterocycles. The summed E-state index contributed by atoms with van der Waals surface area (Å²) in [7, 11) is 6.01. The number of hydrogen-bond acceptors (Lipinski definition) is 5. The Labute approximate surface area is 152 Å². The second-order valence-corrected chi connectivity index (χ2v) is 7.23. The van der Waals surface area contributed by atoms with Crippen molar-refractivity contribution in [1.29, 1.82) is 0 Å². The highest BCUT2D eigenvalue weighted by Crippen LogP contribution is 2.27. The highest BCUT2D eigenvalue weighted by atomic mass is 16.2. The molecular formula is C18H26N6O2. The van der Waals surface area contributed by atoms with Crippen LogP contribution in [-0.2, 0) is 13.6 Å². The van der Waals surface area contributed by atoms with Crippen molar-refractivity contribution < 1.29 is 4.79 Å². The van der Waals surface area contributed by atoms with E-state index in [-0.39, 0.29) is 22.8 Å². The summed E-state index contributed by atoms with van der Waals surface area (Å²) >= 11 is 0. The van der Waals surface area contributed by atoms with Gasteiger partial charge in [0.2, 0.25) is 0 Å². The maximum atomic E-state index is 12.6. The van der Waals surface area contributed by atoms with E-state index in [2.05, 4.69) is 24.6 Å². The Bertz CT molecular complexity index is 846. The number of aromatic amines is 1. The Hall–Kier alpha value is -2.48. The van der Waals surface area contributed by atoms with Crippen LogP contribution in [0.4, 0.5) is 0 Å². The number of H-pyrrole nitrogens is 1. The highest BCUT2D eigenvalue weighted by Gasteiger charge is 2.28. The first-order valence-electron chi connectivity index (χ1n) is 8.88. The molecule has 2 aromatic rings. The molecule has 0 aromatic carbocycles. The van der Waals surface area contributed by atoms with Crippen molar-refractivity contribution in [3.05, 3.63) is 45.4 Å². The highest BCUT2D eigenvalue weighted by molar-refractivity contribution is 5.93. The zero-order chi connectivity index (χ0) is 18.8. The average molecular weight is 358 g/mol. The number of nitrogens with zero attached hydrogens (tertiary/aromatic N) is 5. The van der Waals surface area contributed by atoms with Gasteiger partial charge in [-0.2, -0.15) is 0 Å². The number of hydrogen-bond donors (Lipinski definition) is 1. The van der Waals surface area contributed by atoms with Gasteiger partial charge >= 0.3 is 0 Å². The lowest BCUT2D eigenvalue weighted by Gasteiger charge is -2.31. The van der Waals surface area contributed by atoms with Gasteiger partial charge in [-0.3, -0.25) is 9.59 Å². The predicted octanol–water partition coefficient (Wildman–Crippen LogP) is 0.893. The first-order chi connectivity index (χ1) is 12.4. The smallest absolute Gasteiger partial charge is 0.259 e. The van der Waals surface area contributed by atoms with Gasteiger partial charge < -0.3 is 19.4 Å². The largest absolute Gasteiger partial charge is 0.364 e. The van der Waals surface area contributed by atoms with Crippen molar-refractivity contribution in [3.8, 4) is 0 Å². The second-order valence-electron chi connectivity index (χ2n) is 7.23. The fourth-order valence-electron chi connectivity index (χ4n) is 3.40. The second kappa shape index (κ2) is 7.41. The number of aryl methyl sites for hydroxylation is 1. The standard InChI is InChI=1S/C18H26N6O2/c1-12-9-15(25)14(10-19-12)18(26)24-7-5-13(6-8-24)17-21-20-16(23(17)4)11-22(2)3/h9-10,13H,5-8,11H2,1-4H3,(H,19,25). The van der Waals surface area contributed by atoms with Crippen LogP contribution in [0.5, 0.6) is 0 Å². The molecule has 1 aliphatic heterocycles. The molecule has 1 aliphatic rings. The van der Waals surface area contributed by atoms with Crippen molar-refractivity contribution in [2.45, 2.75) is 32.2 Å². The van der Waals surface area contributed by atoms with Gasteiger partial charge in [-0.1, -0.05) is 0 Å². The molecule has 140 valence electrons. The van der Waals surface area contributed by atoms with Crippen molar-refractivity contribution in [2.75, 3.05) is 27.2 Å². The van der Waals surface area contributed by atoms with Crippen LogP contribution >= 0.6 is 0 Å². The van der Waals surface area contributed by atoms with E-state index in [0.717, 1.165) is 36.7 Å². The summed E-state index contributed by atoms with van der Waals surface area (Å²) in [4.78, 5) is 31.5. The molecule has 0 bridgehead atoms. The number of rotatable bonds is 4. The van der Waals surface area contributed by atoms with Crippen molar-refractivity contribution in [2.24, 2.45) is 7.05 Å². The third kappa shape index (κ3) is 3.70. The molecule has 0 atom stereocenters. The topological polar surface area (TPSA) is 87.1 Å². The number of aromatic nitrogens is 4. The molecule has 8 heteroatoms. The van der Waals surface area contributed by atoms with Crippen LogP contribution in [-0.4, -0.2) is 62.6 Å². The first-order valence-corrected chi connectivity index (χ1v) is 8.88. The minimum Gasteiger partial charge on any atom is -0.364 e. The number of nitrogens with one attached hydrogen (secondary N) is 1. The molecule has 0 radical (unpaired) electrons. The van der Waals surface area contributed by atoms with Crippen LogP contribution in [0, 0.1) is 6.92 Å². The van der Waals surface area contributed by atoms with Crippen LogP contribution < -0.4 is 5.43 Å². The molecular weight excluding hydrogens is 332 g/mol. The molecule has 1 saturated heterocycles. The van der Waals surface area contributed by atoms with E-state index in [1.807, 2.05) is 21.1 Å². The Balaban J connectivity index is 1.67. The maximum absolute atomic E-state index is 12.6. The molecule has 26 heavy (non-hydrogen) atoms. The molecule has 2 aromatic heterocycles. The molecule has 1 N–H and O–H groups in total. The number of carbonyl (C=O) groups is 1. The zero-order valence-electron chi connectivity index (χ0n) is 15.8. The molecule has 1 fully saturated rings. The van der Waals surface area contributed by atoms with Crippen LogP contribution in [0.15, 0.2) is 17.1 Å². The maximum Gasteiger partial charge on any atom is 0.259 e. The average Bonchev–Trinajstić information content (AvgIpc) is 2.94. The monoisotopic (exact) mass is 358 g/mol. The summed E-state index contributed by atoms with van der Waals surface area (Å²) in [5.74, 6) is 2.00. The summed E-state index contributed by atoms with van der Waals surface area (Å²) in [6.07, 6.45) is 3.16. The van der Waals surface area contributed by atoms with Crippen LogP contribution in [0.1, 0.15) is 46.5 Å². The van der Waals surface area contributed by atoms with Gasteiger partial charge in [-0.15, -0.1) is 10.2 Å². The Morgan fingerprint density at radius 3 is 2.62 bits per heavy atom. The number of carbonyl (C=O) groups excluding carboxylic acids is 1. The zero-order valence-corrected chi connectivity index (χ0v) is 15.8. The lowest BCUT2D eigenvalue weighted by atomic mass is 9.95. The minimum atomic E-state index is -0.227. The van der Waals surface area contributed by atoms with E-state index >= 15 is 0 Å². The molecule has 3 rings (SSSR count). The fraction of sp³-hybridized carbons (Fsp3) is 0.556. The molecule has 1 amide bonds. The molecule has 8 nitrogen and oxygen atoms in total. The van der Waals surface area contributed by atoms with Gasteiger partial charge in [0.1, 0.15) is 17.2 Å². The van der Waals surface area contributed by atoms with Crippen LogP contribution in [0.2, 0.25) is 0 Å². The summed E-state index contributed by atoms with van der Waals surface area (Å²) in [5, 5.41) is 8.67. The van der Waals surface area contributed by atoms with E-state index in [4.69, 9.17) is 0 Å². The number of amides is 1. The van der Waals surface area contributed by atoms with E-state index in [0.29, 0.717) is 13.1 Å².